The number of rotatable bonds is 7. The third-order valence-electron chi connectivity index (χ3n) is 3.56. The number of benzene rings is 1. The van der Waals surface area contributed by atoms with Crippen LogP contribution in [0.15, 0.2) is 12.1 Å². The monoisotopic (exact) mass is 269 g/mol. The van der Waals surface area contributed by atoms with Gasteiger partial charge in [-0.2, -0.15) is 0 Å². The van der Waals surface area contributed by atoms with E-state index < -0.39 is 11.6 Å². The zero-order valence-electron chi connectivity index (χ0n) is 12.4. The van der Waals surface area contributed by atoms with E-state index in [0.717, 1.165) is 25.8 Å². The van der Waals surface area contributed by atoms with E-state index in [9.17, 15) is 8.78 Å². The Morgan fingerprint density at radius 2 is 1.84 bits per heavy atom. The average molecular weight is 269 g/mol. The molecule has 1 aromatic carbocycles. The zero-order chi connectivity index (χ0) is 14.4. The minimum Gasteiger partial charge on any atom is -0.310 e. The summed E-state index contributed by atoms with van der Waals surface area (Å²) >= 11 is 0. The van der Waals surface area contributed by atoms with Crippen molar-refractivity contribution in [1.29, 1.82) is 0 Å². The molecule has 0 spiro atoms. The highest BCUT2D eigenvalue weighted by Gasteiger charge is 2.25. The van der Waals surface area contributed by atoms with Crippen LogP contribution in [0.3, 0.4) is 0 Å². The lowest BCUT2D eigenvalue weighted by atomic mass is 9.89. The zero-order valence-corrected chi connectivity index (χ0v) is 12.4. The van der Waals surface area contributed by atoms with E-state index in [1.165, 1.54) is 12.1 Å². The fourth-order valence-electron chi connectivity index (χ4n) is 2.47. The van der Waals surface area contributed by atoms with E-state index in [0.29, 0.717) is 5.56 Å². The molecule has 2 unspecified atom stereocenters. The first-order chi connectivity index (χ1) is 9.02. The maximum Gasteiger partial charge on any atom is 0.133 e. The fourth-order valence-corrected chi connectivity index (χ4v) is 2.47. The van der Waals surface area contributed by atoms with Crippen LogP contribution in [0.5, 0.6) is 0 Å². The number of hydrogen-bond donors (Lipinski definition) is 1. The normalized spacial score (nSPS) is 14.4. The second kappa shape index (κ2) is 7.59. The van der Waals surface area contributed by atoms with E-state index in [2.05, 4.69) is 26.1 Å². The van der Waals surface area contributed by atoms with Crippen molar-refractivity contribution in [2.75, 3.05) is 6.54 Å². The van der Waals surface area contributed by atoms with Crippen molar-refractivity contribution in [3.63, 3.8) is 0 Å². The van der Waals surface area contributed by atoms with E-state index >= 15 is 0 Å². The summed E-state index contributed by atoms with van der Waals surface area (Å²) in [5.74, 6) is -0.640. The van der Waals surface area contributed by atoms with Crippen molar-refractivity contribution >= 4 is 0 Å². The van der Waals surface area contributed by atoms with Crippen LogP contribution in [0.2, 0.25) is 0 Å². The van der Waals surface area contributed by atoms with Crippen molar-refractivity contribution in [3.8, 4) is 0 Å². The van der Waals surface area contributed by atoms with Crippen LogP contribution in [0, 0.1) is 24.5 Å². The largest absolute Gasteiger partial charge is 0.310 e. The number of aryl methyl sites for hydroxylation is 1. The first-order valence-corrected chi connectivity index (χ1v) is 7.20. The van der Waals surface area contributed by atoms with Gasteiger partial charge in [0.05, 0.1) is 0 Å². The molecule has 0 amide bonds. The molecule has 1 N–H and O–H groups in total. The highest BCUT2D eigenvalue weighted by Crippen LogP contribution is 2.30. The quantitative estimate of drug-likeness (QED) is 0.753. The van der Waals surface area contributed by atoms with Crippen LogP contribution in [-0.4, -0.2) is 6.54 Å². The molecule has 108 valence electrons. The molecule has 1 rings (SSSR count). The molecule has 2 atom stereocenters. The lowest BCUT2D eigenvalue weighted by Gasteiger charge is -2.26. The summed E-state index contributed by atoms with van der Waals surface area (Å²) in [6, 6.07) is 2.61. The van der Waals surface area contributed by atoms with Crippen molar-refractivity contribution in [2.24, 2.45) is 5.92 Å². The molecule has 1 aromatic rings. The Bertz CT molecular complexity index is 404. The van der Waals surface area contributed by atoms with E-state index in [1.54, 1.807) is 6.92 Å². The van der Waals surface area contributed by atoms with Crippen LogP contribution >= 0.6 is 0 Å². The molecule has 1 nitrogen and oxygen atoms in total. The van der Waals surface area contributed by atoms with Gasteiger partial charge < -0.3 is 5.32 Å². The molecule has 3 heteroatoms. The third kappa shape index (κ3) is 4.00. The Hall–Kier alpha value is -0.960. The molecule has 0 aromatic heterocycles. The van der Waals surface area contributed by atoms with Crippen molar-refractivity contribution in [1.82, 2.24) is 5.32 Å². The highest BCUT2D eigenvalue weighted by molar-refractivity contribution is 5.29. The first-order valence-electron chi connectivity index (χ1n) is 7.20. The number of nitrogens with one attached hydrogen (secondary N) is 1. The molecule has 0 saturated carbocycles. The lowest BCUT2D eigenvalue weighted by Crippen LogP contribution is -2.29. The summed E-state index contributed by atoms with van der Waals surface area (Å²) in [4.78, 5) is 0. The average Bonchev–Trinajstić information content (AvgIpc) is 2.38. The summed E-state index contributed by atoms with van der Waals surface area (Å²) in [5.41, 5.74) is 0.706. The Morgan fingerprint density at radius 3 is 2.42 bits per heavy atom. The summed E-state index contributed by atoms with van der Waals surface area (Å²) in [7, 11) is 0. The Labute approximate surface area is 115 Å². The van der Waals surface area contributed by atoms with Gasteiger partial charge in [-0.15, -0.1) is 0 Å². The van der Waals surface area contributed by atoms with Crippen molar-refractivity contribution in [3.05, 3.63) is 34.9 Å². The predicted molar refractivity (Wildman–Crippen MR) is 76.2 cm³/mol. The van der Waals surface area contributed by atoms with Gasteiger partial charge in [-0.25, -0.2) is 8.78 Å². The van der Waals surface area contributed by atoms with Crippen molar-refractivity contribution < 1.29 is 8.78 Å². The molecule has 0 radical (unpaired) electrons. The van der Waals surface area contributed by atoms with Gasteiger partial charge >= 0.3 is 0 Å². The van der Waals surface area contributed by atoms with Crippen molar-refractivity contribution in [2.45, 2.75) is 53.0 Å². The Kier molecular flexibility index (Phi) is 6.43. The van der Waals surface area contributed by atoms with Crippen LogP contribution in [0.25, 0.3) is 0 Å². The summed E-state index contributed by atoms with van der Waals surface area (Å²) in [5, 5.41) is 3.30. The molecule has 0 bridgehead atoms. The Morgan fingerprint density at radius 1 is 1.16 bits per heavy atom. The number of hydrogen-bond acceptors (Lipinski definition) is 1. The molecular weight excluding hydrogens is 244 g/mol. The molecular formula is C16H25F2N. The molecule has 0 aliphatic heterocycles. The van der Waals surface area contributed by atoms with Gasteiger partial charge in [0.1, 0.15) is 11.6 Å². The molecule has 19 heavy (non-hydrogen) atoms. The van der Waals surface area contributed by atoms with Crippen LogP contribution in [0.4, 0.5) is 8.78 Å². The predicted octanol–water partition coefficient (Wildman–Crippen LogP) is 4.75. The minimum atomic E-state index is -0.445. The summed E-state index contributed by atoms with van der Waals surface area (Å²) in [6.45, 7) is 8.65. The maximum absolute atomic E-state index is 14.3. The highest BCUT2D eigenvalue weighted by atomic mass is 19.1. The van der Waals surface area contributed by atoms with Gasteiger partial charge in [0.25, 0.3) is 0 Å². The topological polar surface area (TPSA) is 12.0 Å². The molecule has 0 saturated heterocycles. The van der Waals surface area contributed by atoms with Gasteiger partial charge in [0.15, 0.2) is 0 Å². The van der Waals surface area contributed by atoms with Gasteiger partial charge in [0.2, 0.25) is 0 Å². The van der Waals surface area contributed by atoms with Crippen LogP contribution < -0.4 is 5.32 Å². The molecule has 0 heterocycles. The molecule has 0 fully saturated rings. The SMILES string of the molecule is CCCNC(c1c(F)ccc(C)c1F)C(C)CCC. The first kappa shape index (κ1) is 16.1. The maximum atomic E-state index is 14.3. The van der Waals surface area contributed by atoms with E-state index in [1.807, 2.05) is 0 Å². The van der Waals surface area contributed by atoms with E-state index in [4.69, 9.17) is 0 Å². The lowest BCUT2D eigenvalue weighted by molar-refractivity contribution is 0.341. The molecule has 0 aliphatic rings. The Balaban J connectivity index is 3.12. The van der Waals surface area contributed by atoms with Crippen LogP contribution in [0.1, 0.15) is 57.2 Å². The minimum absolute atomic E-state index is 0.203. The third-order valence-corrected chi connectivity index (χ3v) is 3.56. The smallest absolute Gasteiger partial charge is 0.133 e. The van der Waals surface area contributed by atoms with Crippen LogP contribution in [-0.2, 0) is 0 Å². The van der Waals surface area contributed by atoms with Gasteiger partial charge in [0, 0.05) is 11.6 Å². The number of halogens is 2. The van der Waals surface area contributed by atoms with E-state index in [-0.39, 0.29) is 17.5 Å². The van der Waals surface area contributed by atoms with Gasteiger partial charge in [-0.05, 0) is 43.9 Å². The second-order valence-electron chi connectivity index (χ2n) is 5.29. The fraction of sp³-hybridized carbons (Fsp3) is 0.625. The van der Waals surface area contributed by atoms with Gasteiger partial charge in [-0.3, -0.25) is 0 Å². The standard InChI is InChI=1S/C16H25F2N/c1-5-7-12(4)16(19-10-6-2)14-13(17)9-8-11(3)15(14)18/h8-9,12,16,19H,5-7,10H2,1-4H3. The van der Waals surface area contributed by atoms with Gasteiger partial charge in [-0.1, -0.05) is 33.3 Å². The molecule has 0 aliphatic carbocycles. The summed E-state index contributed by atoms with van der Waals surface area (Å²) in [6.07, 6.45) is 2.92. The second-order valence-corrected chi connectivity index (χ2v) is 5.29. The summed E-state index contributed by atoms with van der Waals surface area (Å²) < 4.78 is 28.3.